The number of aryl methyl sites for hydroxylation is 1. The zero-order valence-corrected chi connectivity index (χ0v) is 17.7. The molecule has 30 heavy (non-hydrogen) atoms. The molecule has 0 spiro atoms. The van der Waals surface area contributed by atoms with Gasteiger partial charge >= 0.3 is 0 Å². The van der Waals surface area contributed by atoms with Crippen molar-refractivity contribution in [3.8, 4) is 5.69 Å². The standard InChI is InChI=1S/C22H24N4O3S/c1-14-6-10-17(11-7-14)26-20-5-3-4-19(20)21(25-26)22(27)24-15(2)16-8-12-18(13-9-16)30(23,28)29/h6-13,15H,3-5H2,1-2H3,(H,24,27)(H2,23,28,29). The maximum Gasteiger partial charge on any atom is 0.272 e. The van der Waals surface area contributed by atoms with Gasteiger partial charge in [0, 0.05) is 11.3 Å². The Morgan fingerprint density at radius 2 is 1.77 bits per heavy atom. The summed E-state index contributed by atoms with van der Waals surface area (Å²) in [6.45, 7) is 3.88. The predicted octanol–water partition coefficient (Wildman–Crippen LogP) is 2.81. The lowest BCUT2D eigenvalue weighted by Gasteiger charge is -2.14. The van der Waals surface area contributed by atoms with Crippen molar-refractivity contribution < 1.29 is 13.2 Å². The molecule has 156 valence electrons. The van der Waals surface area contributed by atoms with Crippen molar-refractivity contribution in [2.45, 2.75) is 44.0 Å². The van der Waals surface area contributed by atoms with E-state index < -0.39 is 10.0 Å². The molecule has 0 bridgehead atoms. The normalized spacial score (nSPS) is 14.4. The number of carbonyl (C=O) groups is 1. The van der Waals surface area contributed by atoms with E-state index in [-0.39, 0.29) is 16.8 Å². The topological polar surface area (TPSA) is 107 Å². The molecule has 8 heteroatoms. The molecule has 1 atom stereocenters. The molecule has 2 aromatic carbocycles. The number of primary sulfonamides is 1. The summed E-state index contributed by atoms with van der Waals surface area (Å²) < 4.78 is 24.7. The average molecular weight is 425 g/mol. The number of nitrogens with two attached hydrogens (primary N) is 1. The Bertz CT molecular complexity index is 1200. The van der Waals surface area contributed by atoms with E-state index in [4.69, 9.17) is 5.14 Å². The van der Waals surface area contributed by atoms with E-state index in [0.29, 0.717) is 5.69 Å². The van der Waals surface area contributed by atoms with E-state index in [0.717, 1.165) is 41.8 Å². The Kier molecular flexibility index (Phi) is 5.21. The minimum Gasteiger partial charge on any atom is -0.344 e. The molecule has 3 aromatic rings. The van der Waals surface area contributed by atoms with Gasteiger partial charge in [0.2, 0.25) is 10.0 Å². The molecule has 1 unspecified atom stereocenters. The van der Waals surface area contributed by atoms with Crippen LogP contribution < -0.4 is 10.5 Å². The molecule has 1 heterocycles. The first-order valence-electron chi connectivity index (χ1n) is 9.85. The summed E-state index contributed by atoms with van der Waals surface area (Å²) in [6.07, 6.45) is 2.74. The molecule has 4 rings (SSSR count). The minimum atomic E-state index is -3.74. The van der Waals surface area contributed by atoms with E-state index in [9.17, 15) is 13.2 Å². The highest BCUT2D eigenvalue weighted by molar-refractivity contribution is 7.89. The van der Waals surface area contributed by atoms with Crippen LogP contribution in [0.4, 0.5) is 0 Å². The first kappa shape index (κ1) is 20.3. The molecule has 1 aliphatic rings. The van der Waals surface area contributed by atoms with Gasteiger partial charge < -0.3 is 5.32 Å². The molecular formula is C22H24N4O3S. The Labute approximate surface area is 176 Å². The third-order valence-electron chi connectivity index (χ3n) is 5.48. The van der Waals surface area contributed by atoms with Crippen molar-refractivity contribution >= 4 is 15.9 Å². The number of carbonyl (C=O) groups excluding carboxylic acids is 1. The first-order valence-corrected chi connectivity index (χ1v) is 11.4. The van der Waals surface area contributed by atoms with Crippen molar-refractivity contribution in [2.75, 3.05) is 0 Å². The Balaban J connectivity index is 1.58. The number of hydrogen-bond acceptors (Lipinski definition) is 4. The number of nitrogens with zero attached hydrogens (tertiary/aromatic N) is 2. The second kappa shape index (κ2) is 7.70. The summed E-state index contributed by atoms with van der Waals surface area (Å²) in [6, 6.07) is 14.0. The van der Waals surface area contributed by atoms with E-state index in [1.807, 2.05) is 42.8 Å². The fourth-order valence-corrected chi connectivity index (χ4v) is 4.33. The highest BCUT2D eigenvalue weighted by atomic mass is 32.2. The van der Waals surface area contributed by atoms with Gasteiger partial charge in [-0.25, -0.2) is 18.2 Å². The molecule has 0 saturated heterocycles. The number of rotatable bonds is 5. The number of sulfonamides is 1. The number of nitrogens with one attached hydrogen (secondary N) is 1. The Morgan fingerprint density at radius 3 is 2.40 bits per heavy atom. The summed E-state index contributed by atoms with van der Waals surface area (Å²) >= 11 is 0. The van der Waals surface area contributed by atoms with Gasteiger partial charge in [0.05, 0.1) is 16.6 Å². The zero-order chi connectivity index (χ0) is 21.5. The number of hydrogen-bond donors (Lipinski definition) is 2. The third kappa shape index (κ3) is 3.88. The van der Waals surface area contributed by atoms with Gasteiger partial charge in [-0.1, -0.05) is 29.8 Å². The maximum atomic E-state index is 13.0. The fourth-order valence-electron chi connectivity index (χ4n) is 3.81. The first-order chi connectivity index (χ1) is 14.2. The molecule has 1 aliphatic carbocycles. The number of aromatic nitrogens is 2. The highest BCUT2D eigenvalue weighted by Crippen LogP contribution is 2.28. The van der Waals surface area contributed by atoms with Crippen LogP contribution in [-0.4, -0.2) is 24.1 Å². The smallest absolute Gasteiger partial charge is 0.272 e. The molecule has 3 N–H and O–H groups in total. The van der Waals surface area contributed by atoms with Crippen LogP contribution in [-0.2, 0) is 22.9 Å². The van der Waals surface area contributed by atoms with Gasteiger partial charge in [-0.2, -0.15) is 5.10 Å². The Morgan fingerprint density at radius 1 is 1.10 bits per heavy atom. The second-order valence-corrected chi connectivity index (χ2v) is 9.25. The van der Waals surface area contributed by atoms with Gasteiger partial charge in [-0.05, 0) is 62.9 Å². The van der Waals surface area contributed by atoms with E-state index in [1.165, 1.54) is 17.7 Å². The summed E-state index contributed by atoms with van der Waals surface area (Å²) in [4.78, 5) is 13.1. The fraction of sp³-hybridized carbons (Fsp3) is 0.273. The van der Waals surface area contributed by atoms with Crippen LogP contribution in [0.15, 0.2) is 53.4 Å². The monoisotopic (exact) mass is 424 g/mol. The molecule has 0 saturated carbocycles. The largest absolute Gasteiger partial charge is 0.344 e. The van der Waals surface area contributed by atoms with Gasteiger partial charge in [0.25, 0.3) is 5.91 Å². The summed E-state index contributed by atoms with van der Waals surface area (Å²) in [5.41, 5.74) is 5.45. The number of fused-ring (bicyclic) bond motifs is 1. The summed E-state index contributed by atoms with van der Waals surface area (Å²) in [5, 5.41) is 12.8. The zero-order valence-electron chi connectivity index (χ0n) is 16.9. The maximum absolute atomic E-state index is 13.0. The van der Waals surface area contributed by atoms with Gasteiger partial charge in [0.15, 0.2) is 5.69 Å². The highest BCUT2D eigenvalue weighted by Gasteiger charge is 2.27. The van der Waals surface area contributed by atoms with Crippen LogP contribution in [0.1, 0.15) is 52.3 Å². The van der Waals surface area contributed by atoms with Crippen LogP contribution in [0.2, 0.25) is 0 Å². The van der Waals surface area contributed by atoms with E-state index in [1.54, 1.807) is 12.1 Å². The van der Waals surface area contributed by atoms with E-state index >= 15 is 0 Å². The second-order valence-electron chi connectivity index (χ2n) is 7.68. The van der Waals surface area contributed by atoms with Crippen molar-refractivity contribution in [1.82, 2.24) is 15.1 Å². The van der Waals surface area contributed by atoms with Gasteiger partial charge in [0.1, 0.15) is 0 Å². The average Bonchev–Trinajstić information content (AvgIpc) is 3.31. The quantitative estimate of drug-likeness (QED) is 0.657. The molecule has 1 aromatic heterocycles. The lowest BCUT2D eigenvalue weighted by atomic mass is 10.1. The molecule has 7 nitrogen and oxygen atoms in total. The molecule has 0 fully saturated rings. The third-order valence-corrected chi connectivity index (χ3v) is 6.41. The lowest BCUT2D eigenvalue weighted by Crippen LogP contribution is -2.28. The summed E-state index contributed by atoms with van der Waals surface area (Å²) in [7, 11) is -3.74. The summed E-state index contributed by atoms with van der Waals surface area (Å²) in [5.74, 6) is -0.234. The van der Waals surface area contributed by atoms with E-state index in [2.05, 4.69) is 10.4 Å². The number of benzene rings is 2. The predicted molar refractivity (Wildman–Crippen MR) is 114 cm³/mol. The van der Waals surface area contributed by atoms with Crippen molar-refractivity contribution in [3.63, 3.8) is 0 Å². The van der Waals surface area contributed by atoms with Gasteiger partial charge in [-0.3, -0.25) is 4.79 Å². The molecule has 0 radical (unpaired) electrons. The van der Waals surface area contributed by atoms with Crippen molar-refractivity contribution in [1.29, 1.82) is 0 Å². The van der Waals surface area contributed by atoms with Crippen LogP contribution in [0.3, 0.4) is 0 Å². The van der Waals surface area contributed by atoms with Crippen LogP contribution >= 0.6 is 0 Å². The Hall–Kier alpha value is -2.97. The van der Waals surface area contributed by atoms with Crippen LogP contribution in [0.25, 0.3) is 5.69 Å². The molecule has 1 amide bonds. The van der Waals surface area contributed by atoms with Crippen LogP contribution in [0.5, 0.6) is 0 Å². The number of amides is 1. The SMILES string of the molecule is Cc1ccc(-n2nc(C(=O)NC(C)c3ccc(S(N)(=O)=O)cc3)c3c2CCC3)cc1. The van der Waals surface area contributed by atoms with Crippen molar-refractivity contribution in [3.05, 3.63) is 76.6 Å². The minimum absolute atomic E-state index is 0.0411. The van der Waals surface area contributed by atoms with Crippen molar-refractivity contribution in [2.24, 2.45) is 5.14 Å². The van der Waals surface area contributed by atoms with Crippen LogP contribution in [0, 0.1) is 6.92 Å². The van der Waals surface area contributed by atoms with Gasteiger partial charge in [-0.15, -0.1) is 0 Å². The molecular weight excluding hydrogens is 400 g/mol. The molecule has 0 aliphatic heterocycles. The lowest BCUT2D eigenvalue weighted by molar-refractivity contribution is 0.0933.